The Bertz CT molecular complexity index is 853. The molecule has 2 atom stereocenters. The molecule has 46 heavy (non-hydrogen) atoms. The van der Waals surface area contributed by atoms with Crippen LogP contribution in [0.15, 0.2) is 5.11 Å². The Morgan fingerprint density at radius 3 is 1.54 bits per heavy atom. The molecule has 0 aliphatic carbocycles. The Morgan fingerprint density at radius 2 is 1.17 bits per heavy atom. The summed E-state index contributed by atoms with van der Waals surface area (Å²) in [5.74, 6) is -6.71. The molecule has 16 nitrogen and oxygen atoms in total. The first-order chi connectivity index (χ1) is 20.9. The molecule has 0 aliphatic rings. The minimum atomic E-state index is -5.08. The fourth-order valence-corrected chi connectivity index (χ4v) is 2.74. The van der Waals surface area contributed by atoms with Gasteiger partial charge in [0.15, 0.2) is 0 Å². The third kappa shape index (κ3) is 38.7. The average Bonchev–Trinajstić information content (AvgIpc) is 2.92. The number of nitrogens with one attached hydrogen (secondary N) is 1. The van der Waals surface area contributed by atoms with Crippen molar-refractivity contribution in [2.24, 2.45) is 22.3 Å². The number of rotatable bonds is 17. The molecule has 0 aromatic carbocycles. The van der Waals surface area contributed by atoms with Gasteiger partial charge in [-0.25, -0.2) is 14.4 Å². The largest absolute Gasteiger partial charge is 0.490 e. The summed E-state index contributed by atoms with van der Waals surface area (Å²) < 4.78 is 106. The summed E-state index contributed by atoms with van der Waals surface area (Å²) in [5.41, 5.74) is 25.1. The van der Waals surface area contributed by atoms with Crippen LogP contribution in [0, 0.1) is 0 Å². The Kier molecular flexibility index (Phi) is 30.2. The van der Waals surface area contributed by atoms with E-state index < -0.39 is 42.5 Å². The van der Waals surface area contributed by atoms with Crippen LogP contribution in [0.3, 0.4) is 0 Å². The standard InChI is InChI=1S/C14H31N7O3S.3C2HF3O2/c15-11-12(16)1-9-25-10-2-13(17)14(22)19-3-5-23-7-8-24-6-4-20-21-18;3*3-2(4,5)1(6)7/h12-13H,1-11,15-17H2,(H,19,22);3*(H,6,7)/t12-,13+;;;/m1.../s1. The second-order valence-electron chi connectivity index (χ2n) is 7.67. The predicted octanol–water partition coefficient (Wildman–Crippen LogP) is 1.47. The summed E-state index contributed by atoms with van der Waals surface area (Å²) in [5, 5.41) is 27.5. The van der Waals surface area contributed by atoms with E-state index in [1.54, 1.807) is 11.8 Å². The second-order valence-corrected chi connectivity index (χ2v) is 8.90. The maximum atomic E-state index is 11.8. The molecule has 0 heterocycles. The van der Waals surface area contributed by atoms with Crippen molar-refractivity contribution in [1.82, 2.24) is 5.32 Å². The molecule has 0 aliphatic heterocycles. The van der Waals surface area contributed by atoms with E-state index in [9.17, 15) is 44.3 Å². The molecule has 0 aromatic heterocycles. The molecule has 0 rings (SSSR count). The Morgan fingerprint density at radius 1 is 0.783 bits per heavy atom. The summed E-state index contributed by atoms with van der Waals surface area (Å²) in [6, 6.07) is -0.472. The van der Waals surface area contributed by atoms with Gasteiger partial charge in [0.25, 0.3) is 0 Å². The molecule has 10 N–H and O–H groups in total. The Labute approximate surface area is 258 Å². The van der Waals surface area contributed by atoms with Gasteiger partial charge < -0.3 is 47.3 Å². The summed E-state index contributed by atoms with van der Waals surface area (Å²) in [7, 11) is 0. The molecule has 0 saturated carbocycles. The van der Waals surface area contributed by atoms with Crippen molar-refractivity contribution in [3.8, 4) is 0 Å². The highest BCUT2D eigenvalue weighted by Gasteiger charge is 2.39. The smallest absolute Gasteiger partial charge is 0.475 e. The number of amides is 1. The Hall–Kier alpha value is -3.29. The van der Waals surface area contributed by atoms with Gasteiger partial charge in [-0.05, 0) is 29.9 Å². The lowest BCUT2D eigenvalue weighted by atomic mass is 10.2. The molecule has 26 heteroatoms. The number of nitrogens with zero attached hydrogens (tertiary/aromatic N) is 3. The molecule has 0 spiro atoms. The SMILES string of the molecule is O=C(O)C(F)(F)F.O=C(O)C(F)(F)F.O=C(O)C(F)(F)F.[N-]=[N+]=NCCOCCOCCNC(=O)[C@@H](N)CCSCC[C@@H](N)CN. The van der Waals surface area contributed by atoms with Gasteiger partial charge in [0.05, 0.1) is 32.5 Å². The summed E-state index contributed by atoms with van der Waals surface area (Å²) in [6.07, 6.45) is -13.8. The van der Waals surface area contributed by atoms with Crippen molar-refractivity contribution in [1.29, 1.82) is 0 Å². The van der Waals surface area contributed by atoms with Crippen LogP contribution in [-0.4, -0.2) is 127 Å². The first kappa shape index (κ1) is 49.6. The van der Waals surface area contributed by atoms with Gasteiger partial charge in [-0.3, -0.25) is 4.79 Å². The van der Waals surface area contributed by atoms with Crippen LogP contribution in [-0.2, 0) is 28.7 Å². The predicted molar refractivity (Wildman–Crippen MR) is 141 cm³/mol. The van der Waals surface area contributed by atoms with E-state index in [1.807, 2.05) is 0 Å². The molecule has 0 aromatic rings. The van der Waals surface area contributed by atoms with Crippen LogP contribution in [0.25, 0.3) is 10.4 Å². The molecule has 272 valence electrons. The fraction of sp³-hybridized carbons (Fsp3) is 0.800. The number of thioether (sulfide) groups is 1. The molecule has 0 saturated heterocycles. The van der Waals surface area contributed by atoms with Crippen LogP contribution in [0.2, 0.25) is 0 Å². The van der Waals surface area contributed by atoms with E-state index in [-0.39, 0.29) is 11.9 Å². The van der Waals surface area contributed by atoms with Crippen molar-refractivity contribution in [3.05, 3.63) is 10.4 Å². The number of hydrogen-bond donors (Lipinski definition) is 7. The number of azide groups is 1. The number of carbonyl (C=O) groups excluding carboxylic acids is 1. The van der Waals surface area contributed by atoms with E-state index in [0.717, 1.165) is 17.9 Å². The number of alkyl halides is 9. The third-order valence-corrected chi connectivity index (χ3v) is 4.94. The number of nitrogens with two attached hydrogens (primary N) is 3. The number of carbonyl (C=O) groups is 4. The molecular weight excluding hydrogens is 685 g/mol. The molecule has 1 amide bonds. The monoisotopic (exact) mass is 719 g/mol. The Balaban J connectivity index is -0.000000337. The van der Waals surface area contributed by atoms with Crippen molar-refractivity contribution in [2.45, 2.75) is 43.5 Å². The maximum absolute atomic E-state index is 11.8. The molecular formula is C20H34F9N7O9S. The number of halogens is 9. The minimum Gasteiger partial charge on any atom is -0.475 e. The summed E-state index contributed by atoms with van der Waals surface area (Å²) >= 11 is 1.73. The van der Waals surface area contributed by atoms with E-state index in [0.29, 0.717) is 52.5 Å². The molecule has 0 fully saturated rings. The lowest BCUT2D eigenvalue weighted by Crippen LogP contribution is -2.42. The van der Waals surface area contributed by atoms with Crippen molar-refractivity contribution in [3.63, 3.8) is 0 Å². The fourth-order valence-electron chi connectivity index (χ4n) is 1.65. The van der Waals surface area contributed by atoms with Crippen LogP contribution >= 0.6 is 11.8 Å². The van der Waals surface area contributed by atoms with Crippen LogP contribution in [0.1, 0.15) is 12.8 Å². The lowest BCUT2D eigenvalue weighted by Gasteiger charge is -2.13. The van der Waals surface area contributed by atoms with Gasteiger partial charge in [-0.15, -0.1) is 0 Å². The second kappa shape index (κ2) is 28.0. The molecule has 0 radical (unpaired) electrons. The highest BCUT2D eigenvalue weighted by atomic mass is 32.2. The van der Waals surface area contributed by atoms with Gasteiger partial charge >= 0.3 is 36.4 Å². The number of ether oxygens (including phenoxy) is 2. The zero-order chi connectivity index (χ0) is 37.0. The number of aliphatic carboxylic acids is 3. The third-order valence-electron chi connectivity index (χ3n) is 3.89. The van der Waals surface area contributed by atoms with Crippen LogP contribution in [0.5, 0.6) is 0 Å². The zero-order valence-electron chi connectivity index (χ0n) is 23.6. The average molecular weight is 720 g/mol. The number of carboxylic acids is 3. The maximum Gasteiger partial charge on any atom is 0.490 e. The minimum absolute atomic E-state index is 0.0425. The highest BCUT2D eigenvalue weighted by Crippen LogP contribution is 2.14. The topological polar surface area (TPSA) is 286 Å². The quantitative estimate of drug-likeness (QED) is 0.0369. The zero-order valence-corrected chi connectivity index (χ0v) is 24.4. The van der Waals surface area contributed by atoms with Gasteiger partial charge in [0.1, 0.15) is 0 Å². The lowest BCUT2D eigenvalue weighted by molar-refractivity contribution is -0.193. The van der Waals surface area contributed by atoms with E-state index >= 15 is 0 Å². The normalized spacial score (nSPS) is 12.3. The van der Waals surface area contributed by atoms with Crippen molar-refractivity contribution in [2.75, 3.05) is 57.6 Å². The number of hydrogen-bond acceptors (Lipinski definition) is 11. The van der Waals surface area contributed by atoms with E-state index in [2.05, 4.69) is 15.3 Å². The van der Waals surface area contributed by atoms with Gasteiger partial charge in [-0.1, -0.05) is 5.11 Å². The van der Waals surface area contributed by atoms with Gasteiger partial charge in [0, 0.05) is 30.6 Å². The first-order valence-corrected chi connectivity index (χ1v) is 13.2. The first-order valence-electron chi connectivity index (χ1n) is 12.1. The van der Waals surface area contributed by atoms with Crippen molar-refractivity contribution < 1.29 is 83.5 Å². The van der Waals surface area contributed by atoms with Crippen LogP contribution in [0.4, 0.5) is 39.5 Å². The number of carboxylic acid groups (broad SMARTS) is 3. The highest BCUT2D eigenvalue weighted by molar-refractivity contribution is 7.99. The summed E-state index contributed by atoms with van der Waals surface area (Å²) in [4.78, 5) is 41.1. The van der Waals surface area contributed by atoms with Gasteiger partial charge in [-0.2, -0.15) is 51.3 Å². The molecule has 0 unspecified atom stereocenters. The van der Waals surface area contributed by atoms with Crippen molar-refractivity contribution >= 4 is 35.6 Å². The molecule has 0 bridgehead atoms. The van der Waals surface area contributed by atoms with Crippen LogP contribution < -0.4 is 22.5 Å². The van der Waals surface area contributed by atoms with E-state index in [1.165, 1.54) is 0 Å². The van der Waals surface area contributed by atoms with Gasteiger partial charge in [0.2, 0.25) is 5.91 Å². The summed E-state index contributed by atoms with van der Waals surface area (Å²) in [6.45, 7) is 2.80. The van der Waals surface area contributed by atoms with E-state index in [4.69, 9.17) is 61.9 Å².